The molecular formula is C15H17ClN2O2. The molecule has 0 unspecified atom stereocenters. The van der Waals surface area contributed by atoms with Crippen molar-refractivity contribution in [1.29, 1.82) is 0 Å². The van der Waals surface area contributed by atoms with E-state index in [9.17, 15) is 0 Å². The van der Waals surface area contributed by atoms with Gasteiger partial charge in [0.2, 0.25) is 0 Å². The third-order valence-electron chi connectivity index (χ3n) is 2.56. The molecule has 0 atom stereocenters. The number of hydrogen-bond donors (Lipinski definition) is 1. The molecule has 0 bridgehead atoms. The minimum absolute atomic E-state index is 0. The summed E-state index contributed by atoms with van der Waals surface area (Å²) in [5.74, 6) is 0.734. The van der Waals surface area contributed by atoms with E-state index in [0.29, 0.717) is 0 Å². The summed E-state index contributed by atoms with van der Waals surface area (Å²) >= 11 is 0. The Bertz CT molecular complexity index is 542. The van der Waals surface area contributed by atoms with Gasteiger partial charge in [0.1, 0.15) is 7.11 Å². The fourth-order valence-electron chi connectivity index (χ4n) is 1.58. The predicted octanol–water partition coefficient (Wildman–Crippen LogP) is 3.88. The SMILES string of the molecule is CON=C(C)c1ccc(ONc2ccccc2)cc1.Cl. The van der Waals surface area contributed by atoms with E-state index in [4.69, 9.17) is 9.68 Å². The third kappa shape index (κ3) is 4.48. The van der Waals surface area contributed by atoms with Crippen molar-refractivity contribution >= 4 is 23.8 Å². The summed E-state index contributed by atoms with van der Waals surface area (Å²) in [5.41, 5.74) is 5.60. The maximum absolute atomic E-state index is 5.47. The van der Waals surface area contributed by atoms with E-state index in [0.717, 1.165) is 22.7 Å². The number of oxime groups is 1. The number of nitrogens with one attached hydrogen (secondary N) is 1. The number of rotatable bonds is 5. The van der Waals surface area contributed by atoms with Crippen molar-refractivity contribution in [3.63, 3.8) is 0 Å². The van der Waals surface area contributed by atoms with Crippen LogP contribution in [0.5, 0.6) is 5.75 Å². The van der Waals surface area contributed by atoms with Crippen LogP contribution in [0.3, 0.4) is 0 Å². The van der Waals surface area contributed by atoms with Crippen molar-refractivity contribution in [2.24, 2.45) is 5.16 Å². The lowest BCUT2D eigenvalue weighted by molar-refractivity contribution is 0.213. The normalized spacial score (nSPS) is 10.4. The molecule has 4 nitrogen and oxygen atoms in total. The van der Waals surface area contributed by atoms with Crippen LogP contribution < -0.4 is 10.3 Å². The highest BCUT2D eigenvalue weighted by atomic mass is 35.5. The lowest BCUT2D eigenvalue weighted by Gasteiger charge is -2.08. The first kappa shape index (κ1) is 15.9. The standard InChI is InChI=1S/C15H16N2O2.ClH/c1-12(16-18-2)13-8-10-15(11-9-13)19-17-14-6-4-3-5-7-14;/h3-11,17H,1-2H3;1H. The second-order valence-electron chi connectivity index (χ2n) is 3.95. The van der Waals surface area contributed by atoms with Crippen LogP contribution in [0.15, 0.2) is 59.8 Å². The van der Waals surface area contributed by atoms with Gasteiger partial charge in [-0.3, -0.25) is 0 Å². The number of hydrogen-bond acceptors (Lipinski definition) is 4. The number of nitrogens with zero attached hydrogens (tertiary/aromatic N) is 1. The van der Waals surface area contributed by atoms with Crippen molar-refractivity contribution in [3.05, 3.63) is 60.2 Å². The van der Waals surface area contributed by atoms with E-state index in [1.807, 2.05) is 61.5 Å². The average molecular weight is 293 g/mol. The number of halogens is 1. The zero-order chi connectivity index (χ0) is 13.5. The summed E-state index contributed by atoms with van der Waals surface area (Å²) in [6.45, 7) is 1.89. The molecule has 0 heterocycles. The quantitative estimate of drug-likeness (QED) is 0.672. The Morgan fingerprint density at radius 2 is 1.65 bits per heavy atom. The maximum atomic E-state index is 5.47. The van der Waals surface area contributed by atoms with Gasteiger partial charge in [0.15, 0.2) is 5.75 Å². The van der Waals surface area contributed by atoms with Gasteiger partial charge in [0.05, 0.1) is 11.4 Å². The predicted molar refractivity (Wildman–Crippen MR) is 83.6 cm³/mol. The van der Waals surface area contributed by atoms with Gasteiger partial charge in [-0.2, -0.15) is 0 Å². The van der Waals surface area contributed by atoms with Crippen LogP contribution in [0.25, 0.3) is 0 Å². The molecular weight excluding hydrogens is 276 g/mol. The van der Waals surface area contributed by atoms with E-state index in [1.54, 1.807) is 0 Å². The second kappa shape index (κ2) is 8.07. The Labute approximate surface area is 124 Å². The molecule has 0 aliphatic carbocycles. The lowest BCUT2D eigenvalue weighted by atomic mass is 10.1. The number of anilines is 1. The van der Waals surface area contributed by atoms with Crippen molar-refractivity contribution < 1.29 is 9.68 Å². The van der Waals surface area contributed by atoms with Crippen LogP contribution in [-0.4, -0.2) is 12.8 Å². The molecule has 0 aliphatic heterocycles. The molecule has 0 fully saturated rings. The molecule has 2 aromatic rings. The van der Waals surface area contributed by atoms with Gasteiger partial charge in [-0.15, -0.1) is 12.4 Å². The largest absolute Gasteiger partial charge is 0.399 e. The highest BCUT2D eigenvalue weighted by Gasteiger charge is 1.99. The zero-order valence-corrected chi connectivity index (χ0v) is 12.2. The Balaban J connectivity index is 0.00000200. The molecule has 2 rings (SSSR count). The molecule has 1 N–H and O–H groups in total. The third-order valence-corrected chi connectivity index (χ3v) is 2.56. The Morgan fingerprint density at radius 3 is 2.25 bits per heavy atom. The summed E-state index contributed by atoms with van der Waals surface area (Å²) in [6.07, 6.45) is 0. The summed E-state index contributed by atoms with van der Waals surface area (Å²) < 4.78 is 0. The fourth-order valence-corrected chi connectivity index (χ4v) is 1.58. The van der Waals surface area contributed by atoms with E-state index in [1.165, 1.54) is 7.11 Å². The highest BCUT2D eigenvalue weighted by molar-refractivity contribution is 5.98. The first-order chi connectivity index (χ1) is 9.29. The minimum atomic E-state index is 0. The van der Waals surface area contributed by atoms with E-state index < -0.39 is 0 Å². The van der Waals surface area contributed by atoms with Gasteiger partial charge in [0.25, 0.3) is 0 Å². The molecule has 0 aromatic heterocycles. The Kier molecular flexibility index (Phi) is 6.40. The van der Waals surface area contributed by atoms with Crippen LogP contribution >= 0.6 is 12.4 Å². The molecule has 0 aliphatic rings. The van der Waals surface area contributed by atoms with Crippen LogP contribution in [0.4, 0.5) is 5.69 Å². The summed E-state index contributed by atoms with van der Waals surface area (Å²) in [4.78, 5) is 10.2. The van der Waals surface area contributed by atoms with Gasteiger partial charge in [-0.25, -0.2) is 5.48 Å². The van der Waals surface area contributed by atoms with Gasteiger partial charge in [-0.05, 0) is 48.9 Å². The van der Waals surface area contributed by atoms with Crippen LogP contribution in [0.2, 0.25) is 0 Å². The maximum Gasteiger partial charge on any atom is 0.155 e. The van der Waals surface area contributed by atoms with Crippen LogP contribution in [-0.2, 0) is 4.84 Å². The van der Waals surface area contributed by atoms with E-state index in [2.05, 4.69) is 10.6 Å². The summed E-state index contributed by atoms with van der Waals surface area (Å²) in [7, 11) is 1.53. The minimum Gasteiger partial charge on any atom is -0.399 e. The van der Waals surface area contributed by atoms with Crippen molar-refractivity contribution in [2.45, 2.75) is 6.92 Å². The average Bonchev–Trinajstić information content (AvgIpc) is 2.47. The number of benzene rings is 2. The van der Waals surface area contributed by atoms with Gasteiger partial charge < -0.3 is 9.68 Å². The van der Waals surface area contributed by atoms with Crippen molar-refractivity contribution in [2.75, 3.05) is 12.6 Å². The topological polar surface area (TPSA) is 42.9 Å². The molecule has 0 amide bonds. The molecule has 5 heteroatoms. The first-order valence-corrected chi connectivity index (χ1v) is 5.95. The van der Waals surface area contributed by atoms with Crippen LogP contribution in [0, 0.1) is 0 Å². The Morgan fingerprint density at radius 1 is 1.00 bits per heavy atom. The highest BCUT2D eigenvalue weighted by Crippen LogP contribution is 2.14. The Hall–Kier alpha value is -2.20. The van der Waals surface area contributed by atoms with E-state index in [-0.39, 0.29) is 12.4 Å². The monoisotopic (exact) mass is 292 g/mol. The van der Waals surface area contributed by atoms with Crippen molar-refractivity contribution in [3.8, 4) is 5.75 Å². The molecule has 0 spiro atoms. The fraction of sp³-hybridized carbons (Fsp3) is 0.133. The summed E-state index contributed by atoms with van der Waals surface area (Å²) in [6, 6.07) is 17.3. The molecule has 0 radical (unpaired) electrons. The van der Waals surface area contributed by atoms with E-state index >= 15 is 0 Å². The zero-order valence-electron chi connectivity index (χ0n) is 11.4. The molecule has 106 valence electrons. The van der Waals surface area contributed by atoms with Gasteiger partial charge in [-0.1, -0.05) is 23.4 Å². The first-order valence-electron chi connectivity index (χ1n) is 5.95. The second-order valence-corrected chi connectivity index (χ2v) is 3.95. The lowest BCUT2D eigenvalue weighted by Crippen LogP contribution is -2.04. The van der Waals surface area contributed by atoms with Crippen molar-refractivity contribution in [1.82, 2.24) is 0 Å². The van der Waals surface area contributed by atoms with Gasteiger partial charge in [0, 0.05) is 0 Å². The molecule has 0 saturated heterocycles. The van der Waals surface area contributed by atoms with Crippen LogP contribution in [0.1, 0.15) is 12.5 Å². The molecule has 20 heavy (non-hydrogen) atoms. The van der Waals surface area contributed by atoms with Gasteiger partial charge >= 0.3 is 0 Å². The number of para-hydroxylation sites is 1. The smallest absolute Gasteiger partial charge is 0.155 e. The molecule has 2 aromatic carbocycles. The summed E-state index contributed by atoms with van der Waals surface area (Å²) in [5, 5.41) is 3.88. The molecule has 0 saturated carbocycles.